The van der Waals surface area contributed by atoms with Gasteiger partial charge in [-0.3, -0.25) is 19.2 Å². The molecule has 2 aliphatic heterocycles. The van der Waals surface area contributed by atoms with Gasteiger partial charge in [-0.05, 0) is 64.5 Å². The summed E-state index contributed by atoms with van der Waals surface area (Å²) in [5.41, 5.74) is 5.54. The Balaban J connectivity index is 2.12. The van der Waals surface area contributed by atoms with E-state index in [2.05, 4.69) is 16.0 Å². The third-order valence-electron chi connectivity index (χ3n) is 6.04. The number of hydrogen-bond donors (Lipinski definition) is 6. The van der Waals surface area contributed by atoms with E-state index in [-0.39, 0.29) is 25.8 Å². The molecule has 0 aliphatic carbocycles. The van der Waals surface area contributed by atoms with Gasteiger partial charge in [-0.15, -0.1) is 0 Å². The maximum absolute atomic E-state index is 13.1. The summed E-state index contributed by atoms with van der Waals surface area (Å²) in [7, 11) is 0. The zero-order valence-corrected chi connectivity index (χ0v) is 18.8. The van der Waals surface area contributed by atoms with Crippen LogP contribution in [0.5, 0.6) is 0 Å². The van der Waals surface area contributed by atoms with Gasteiger partial charge in [0.15, 0.2) is 0 Å². The number of nitrogens with one attached hydrogen (secondary N) is 3. The molecule has 0 aromatic rings. The molecule has 0 bridgehead atoms. The van der Waals surface area contributed by atoms with Crippen LogP contribution in [0.3, 0.4) is 0 Å². The van der Waals surface area contributed by atoms with E-state index in [4.69, 9.17) is 10.8 Å². The van der Waals surface area contributed by atoms with E-state index in [0.717, 1.165) is 6.42 Å². The van der Waals surface area contributed by atoms with E-state index < -0.39 is 53.8 Å². The fourth-order valence-corrected chi connectivity index (χ4v) is 4.23. The van der Waals surface area contributed by atoms with Gasteiger partial charge in [-0.25, -0.2) is 4.79 Å². The van der Waals surface area contributed by atoms with Crippen LogP contribution in [0.25, 0.3) is 0 Å². The van der Waals surface area contributed by atoms with Gasteiger partial charge in [-0.1, -0.05) is 0 Å². The number of likely N-dealkylation sites (tertiary alicyclic amines) is 1. The molecule has 2 saturated heterocycles. The molecule has 4 unspecified atom stereocenters. The van der Waals surface area contributed by atoms with Crippen molar-refractivity contribution < 1.29 is 34.2 Å². The van der Waals surface area contributed by atoms with Crippen LogP contribution in [-0.2, 0) is 24.0 Å². The molecule has 4 atom stereocenters. The minimum Gasteiger partial charge on any atom is -0.481 e. The summed E-state index contributed by atoms with van der Waals surface area (Å²) in [6.45, 7) is 1.37. The number of amides is 3. The smallest absolute Gasteiger partial charge is 0.326 e. The van der Waals surface area contributed by atoms with E-state index in [1.165, 1.54) is 4.90 Å². The Kier molecular flexibility index (Phi) is 10.5. The molecule has 0 spiro atoms. The average molecular weight is 470 g/mol. The summed E-state index contributed by atoms with van der Waals surface area (Å²) in [6, 6.07) is -3.51. The van der Waals surface area contributed by atoms with Crippen molar-refractivity contribution in [1.29, 1.82) is 0 Å². The van der Waals surface area contributed by atoms with Crippen molar-refractivity contribution in [3.63, 3.8) is 0 Å². The fraction of sp³-hybridized carbons (Fsp3) is 0.762. The Morgan fingerprint density at radius 3 is 2.36 bits per heavy atom. The summed E-state index contributed by atoms with van der Waals surface area (Å²) >= 11 is 0. The van der Waals surface area contributed by atoms with Crippen molar-refractivity contribution in [3.8, 4) is 0 Å². The van der Waals surface area contributed by atoms with Gasteiger partial charge < -0.3 is 36.8 Å². The molecule has 0 aromatic heterocycles. The summed E-state index contributed by atoms with van der Waals surface area (Å²) in [5, 5.41) is 26.7. The molecule has 3 amide bonds. The van der Waals surface area contributed by atoms with Gasteiger partial charge in [0.25, 0.3) is 0 Å². The Labute approximate surface area is 192 Å². The predicted octanol–water partition coefficient (Wildman–Crippen LogP) is -1.22. The zero-order valence-electron chi connectivity index (χ0n) is 18.8. The van der Waals surface area contributed by atoms with Crippen LogP contribution in [-0.4, -0.2) is 88.6 Å². The van der Waals surface area contributed by atoms with Crippen molar-refractivity contribution in [3.05, 3.63) is 0 Å². The Bertz CT molecular complexity index is 726. The second kappa shape index (κ2) is 13.1. The lowest BCUT2D eigenvalue weighted by atomic mass is 10.0. The van der Waals surface area contributed by atoms with Crippen molar-refractivity contribution in [1.82, 2.24) is 20.9 Å². The lowest BCUT2D eigenvalue weighted by Gasteiger charge is -2.29. The third kappa shape index (κ3) is 7.97. The number of carbonyl (C=O) groups is 5. The zero-order chi connectivity index (χ0) is 24.4. The lowest BCUT2D eigenvalue weighted by Crippen LogP contribution is -2.57. The maximum atomic E-state index is 13.1. The summed E-state index contributed by atoms with van der Waals surface area (Å²) < 4.78 is 0. The van der Waals surface area contributed by atoms with Gasteiger partial charge in [0, 0.05) is 13.0 Å². The van der Waals surface area contributed by atoms with Crippen LogP contribution in [0.4, 0.5) is 0 Å². The normalized spacial score (nSPS) is 21.9. The molecule has 2 heterocycles. The number of carbonyl (C=O) groups excluding carboxylic acids is 3. The summed E-state index contributed by atoms with van der Waals surface area (Å²) in [4.78, 5) is 62.5. The number of rotatable bonds is 13. The first-order valence-electron chi connectivity index (χ1n) is 11.5. The molecular weight excluding hydrogens is 434 g/mol. The van der Waals surface area contributed by atoms with Crippen LogP contribution in [0, 0.1) is 0 Å². The van der Waals surface area contributed by atoms with Crippen LogP contribution in [0.1, 0.15) is 57.8 Å². The number of carboxylic acid groups (broad SMARTS) is 2. The lowest BCUT2D eigenvalue weighted by molar-refractivity contribution is -0.149. The highest BCUT2D eigenvalue weighted by molar-refractivity contribution is 5.94. The van der Waals surface area contributed by atoms with Crippen LogP contribution in [0.15, 0.2) is 0 Å². The first-order valence-corrected chi connectivity index (χ1v) is 11.5. The van der Waals surface area contributed by atoms with E-state index in [1.807, 2.05) is 0 Å². The van der Waals surface area contributed by atoms with Gasteiger partial charge >= 0.3 is 11.9 Å². The molecule has 0 saturated carbocycles. The largest absolute Gasteiger partial charge is 0.481 e. The predicted molar refractivity (Wildman–Crippen MR) is 117 cm³/mol. The van der Waals surface area contributed by atoms with Crippen LogP contribution >= 0.6 is 0 Å². The second-order valence-corrected chi connectivity index (χ2v) is 8.52. The summed E-state index contributed by atoms with van der Waals surface area (Å²) in [6.07, 6.45) is 3.28. The molecule has 2 rings (SSSR count). The molecule has 12 nitrogen and oxygen atoms in total. The van der Waals surface area contributed by atoms with Crippen molar-refractivity contribution >= 4 is 29.7 Å². The Hall–Kier alpha value is -2.73. The highest BCUT2D eigenvalue weighted by Crippen LogP contribution is 2.20. The van der Waals surface area contributed by atoms with Gasteiger partial charge in [0.1, 0.15) is 18.1 Å². The highest BCUT2D eigenvalue weighted by Gasteiger charge is 2.38. The molecule has 7 N–H and O–H groups in total. The number of hydrogen-bond acceptors (Lipinski definition) is 7. The molecule has 0 radical (unpaired) electrons. The molecule has 2 fully saturated rings. The second-order valence-electron chi connectivity index (χ2n) is 8.52. The Morgan fingerprint density at radius 2 is 1.76 bits per heavy atom. The van der Waals surface area contributed by atoms with Crippen molar-refractivity contribution in [2.24, 2.45) is 5.73 Å². The molecular formula is C21H35N5O7. The Morgan fingerprint density at radius 1 is 1.00 bits per heavy atom. The first kappa shape index (κ1) is 26.5. The molecule has 2 aliphatic rings. The van der Waals surface area contributed by atoms with Crippen molar-refractivity contribution in [2.45, 2.75) is 82.0 Å². The van der Waals surface area contributed by atoms with Gasteiger partial charge in [-0.2, -0.15) is 0 Å². The minimum absolute atomic E-state index is 0.134. The minimum atomic E-state index is -1.13. The van der Waals surface area contributed by atoms with Gasteiger partial charge in [0.05, 0.1) is 6.04 Å². The van der Waals surface area contributed by atoms with Crippen molar-refractivity contribution in [2.75, 3.05) is 19.6 Å². The molecule has 12 heteroatoms. The standard InChI is InChI=1S/C21H35N5O7/c22-10-2-1-5-15(20(31)26-12-4-7-16(26)21(32)33)25-19(30)14(8-9-17(27)28)24-18(29)13-6-3-11-23-13/h13-16,23H,1-12,22H2,(H,24,29)(H,25,30)(H,27,28)(H,32,33). The fourth-order valence-electron chi connectivity index (χ4n) is 4.23. The third-order valence-corrected chi connectivity index (χ3v) is 6.04. The van der Waals surface area contributed by atoms with Crippen LogP contribution < -0.4 is 21.7 Å². The van der Waals surface area contributed by atoms with E-state index in [0.29, 0.717) is 45.2 Å². The monoisotopic (exact) mass is 469 g/mol. The topological polar surface area (TPSA) is 191 Å². The average Bonchev–Trinajstić information content (AvgIpc) is 3.47. The van der Waals surface area contributed by atoms with E-state index >= 15 is 0 Å². The number of carboxylic acids is 2. The molecule has 33 heavy (non-hydrogen) atoms. The molecule has 0 aromatic carbocycles. The number of unbranched alkanes of at least 4 members (excludes halogenated alkanes) is 1. The SMILES string of the molecule is NCCCCC(NC(=O)C(CCC(=O)O)NC(=O)C1CCCN1)C(=O)N1CCCC1C(=O)O. The van der Waals surface area contributed by atoms with Gasteiger partial charge in [0.2, 0.25) is 17.7 Å². The summed E-state index contributed by atoms with van der Waals surface area (Å²) in [5.74, 6) is -3.76. The highest BCUT2D eigenvalue weighted by atomic mass is 16.4. The van der Waals surface area contributed by atoms with E-state index in [9.17, 15) is 29.1 Å². The number of nitrogens with zero attached hydrogens (tertiary/aromatic N) is 1. The van der Waals surface area contributed by atoms with E-state index in [1.54, 1.807) is 0 Å². The number of nitrogens with two attached hydrogens (primary N) is 1. The first-order chi connectivity index (χ1) is 15.7. The quantitative estimate of drug-likeness (QED) is 0.179. The van der Waals surface area contributed by atoms with Crippen LogP contribution in [0.2, 0.25) is 0 Å². The maximum Gasteiger partial charge on any atom is 0.326 e. The molecule has 186 valence electrons. The number of aliphatic carboxylic acids is 2.